The molecule has 2 heteroatoms. The van der Waals surface area contributed by atoms with Crippen LogP contribution in [0.4, 0.5) is 5.69 Å². The van der Waals surface area contributed by atoms with E-state index >= 15 is 0 Å². The Balaban J connectivity index is 1.93. The Morgan fingerprint density at radius 1 is 1.11 bits per heavy atom. The number of carbonyl (C=O) groups is 1. The largest absolute Gasteiger partial charge is 0.366 e. The molecule has 1 aliphatic heterocycles. The van der Waals surface area contributed by atoms with E-state index in [1.807, 2.05) is 19.1 Å². The lowest BCUT2D eigenvalue weighted by Gasteiger charge is -2.30. The molecule has 0 saturated carbocycles. The number of fused-ring (bicyclic) bond motifs is 1. The maximum absolute atomic E-state index is 12.0. The second-order valence-electron chi connectivity index (χ2n) is 5.10. The molecule has 0 aliphatic carbocycles. The average molecular weight is 251 g/mol. The third-order valence-corrected chi connectivity index (χ3v) is 3.62. The van der Waals surface area contributed by atoms with Crippen molar-refractivity contribution in [2.45, 2.75) is 19.9 Å². The Bertz CT molecular complexity index is 604. The van der Waals surface area contributed by atoms with E-state index < -0.39 is 0 Å². The van der Waals surface area contributed by atoms with Gasteiger partial charge in [-0.1, -0.05) is 42.0 Å². The Hall–Kier alpha value is -2.09. The zero-order valence-electron chi connectivity index (χ0n) is 11.1. The second-order valence-corrected chi connectivity index (χ2v) is 5.10. The maximum Gasteiger partial charge on any atom is 0.166 e. The minimum absolute atomic E-state index is 0.267. The number of benzene rings is 2. The van der Waals surface area contributed by atoms with E-state index in [1.165, 1.54) is 5.56 Å². The molecule has 0 aromatic heterocycles. The van der Waals surface area contributed by atoms with Crippen molar-refractivity contribution in [3.05, 3.63) is 65.2 Å². The predicted octanol–water partition coefficient (Wildman–Crippen LogP) is 3.59. The fourth-order valence-electron chi connectivity index (χ4n) is 2.61. The van der Waals surface area contributed by atoms with Crippen LogP contribution in [0, 0.1) is 6.92 Å². The monoisotopic (exact) mass is 251 g/mol. The standard InChI is InChI=1S/C17H17NO/c1-13-7-8-16-15(11-13)17(19)9-10-18(16)12-14-5-3-2-4-6-14/h2-8,11H,9-10,12H2,1H3. The zero-order valence-corrected chi connectivity index (χ0v) is 11.1. The summed E-state index contributed by atoms with van der Waals surface area (Å²) in [6.45, 7) is 3.71. The molecule has 0 fully saturated rings. The van der Waals surface area contributed by atoms with Gasteiger partial charge < -0.3 is 4.90 Å². The number of Topliss-reactive ketones (excluding diaryl/α,β-unsaturated/α-hetero) is 1. The molecule has 3 rings (SSSR count). The van der Waals surface area contributed by atoms with Gasteiger partial charge in [-0.2, -0.15) is 0 Å². The lowest BCUT2D eigenvalue weighted by Crippen LogP contribution is -2.31. The van der Waals surface area contributed by atoms with E-state index in [-0.39, 0.29) is 5.78 Å². The van der Waals surface area contributed by atoms with Gasteiger partial charge in [0.05, 0.1) is 0 Å². The van der Waals surface area contributed by atoms with Gasteiger partial charge in [-0.25, -0.2) is 0 Å². The van der Waals surface area contributed by atoms with Crippen LogP contribution < -0.4 is 4.90 Å². The molecule has 2 aromatic rings. The van der Waals surface area contributed by atoms with Gasteiger partial charge in [0, 0.05) is 30.8 Å². The Morgan fingerprint density at radius 3 is 2.68 bits per heavy atom. The van der Waals surface area contributed by atoms with Crippen molar-refractivity contribution in [3.8, 4) is 0 Å². The van der Waals surface area contributed by atoms with Crippen LogP contribution >= 0.6 is 0 Å². The predicted molar refractivity (Wildman–Crippen MR) is 77.6 cm³/mol. The quantitative estimate of drug-likeness (QED) is 0.813. The van der Waals surface area contributed by atoms with E-state index in [9.17, 15) is 4.79 Å². The van der Waals surface area contributed by atoms with Crippen LogP contribution in [0.15, 0.2) is 48.5 Å². The van der Waals surface area contributed by atoms with E-state index in [0.717, 1.165) is 29.9 Å². The topological polar surface area (TPSA) is 20.3 Å². The van der Waals surface area contributed by atoms with Crippen LogP contribution in [-0.2, 0) is 6.54 Å². The van der Waals surface area contributed by atoms with Crippen molar-refractivity contribution in [3.63, 3.8) is 0 Å². The van der Waals surface area contributed by atoms with Crippen molar-refractivity contribution in [1.82, 2.24) is 0 Å². The Morgan fingerprint density at radius 2 is 1.89 bits per heavy atom. The second kappa shape index (κ2) is 4.88. The van der Waals surface area contributed by atoms with E-state index in [4.69, 9.17) is 0 Å². The third kappa shape index (κ3) is 2.39. The van der Waals surface area contributed by atoms with Gasteiger partial charge in [-0.15, -0.1) is 0 Å². The van der Waals surface area contributed by atoms with Crippen molar-refractivity contribution >= 4 is 11.5 Å². The molecule has 2 nitrogen and oxygen atoms in total. The van der Waals surface area contributed by atoms with Crippen molar-refractivity contribution in [2.24, 2.45) is 0 Å². The lowest BCUT2D eigenvalue weighted by atomic mass is 9.98. The summed E-state index contributed by atoms with van der Waals surface area (Å²) in [6.07, 6.45) is 0.614. The number of hydrogen-bond acceptors (Lipinski definition) is 2. The van der Waals surface area contributed by atoms with Crippen LogP contribution in [0.1, 0.15) is 27.9 Å². The summed E-state index contributed by atoms with van der Waals surface area (Å²) < 4.78 is 0. The van der Waals surface area contributed by atoms with Gasteiger partial charge in [0.2, 0.25) is 0 Å². The summed E-state index contributed by atoms with van der Waals surface area (Å²) in [5, 5.41) is 0. The van der Waals surface area contributed by atoms with Crippen molar-refractivity contribution in [1.29, 1.82) is 0 Å². The minimum atomic E-state index is 0.267. The molecule has 0 amide bonds. The first kappa shape index (κ1) is 12.0. The average Bonchev–Trinajstić information content (AvgIpc) is 2.43. The fourth-order valence-corrected chi connectivity index (χ4v) is 2.61. The molecule has 19 heavy (non-hydrogen) atoms. The Kier molecular flexibility index (Phi) is 3.08. The summed E-state index contributed by atoms with van der Waals surface area (Å²) >= 11 is 0. The van der Waals surface area contributed by atoms with Gasteiger partial charge >= 0.3 is 0 Å². The van der Waals surface area contributed by atoms with Crippen molar-refractivity contribution in [2.75, 3.05) is 11.4 Å². The van der Waals surface area contributed by atoms with E-state index in [2.05, 4.69) is 41.3 Å². The number of ketones is 1. The maximum atomic E-state index is 12.0. The lowest BCUT2D eigenvalue weighted by molar-refractivity contribution is 0.0979. The molecule has 1 heterocycles. The molecule has 1 aliphatic rings. The highest BCUT2D eigenvalue weighted by Gasteiger charge is 2.22. The van der Waals surface area contributed by atoms with Gasteiger partial charge in [-0.05, 0) is 24.6 Å². The molecular weight excluding hydrogens is 234 g/mol. The number of hydrogen-bond donors (Lipinski definition) is 0. The smallest absolute Gasteiger partial charge is 0.166 e. The summed E-state index contributed by atoms with van der Waals surface area (Å²) in [6, 6.07) is 16.6. The summed E-state index contributed by atoms with van der Waals surface area (Å²) in [4.78, 5) is 14.3. The SMILES string of the molecule is Cc1ccc2c(c1)C(=O)CCN2Cc1ccccc1. The molecule has 2 aromatic carbocycles. The summed E-state index contributed by atoms with van der Waals surface area (Å²) in [5.41, 5.74) is 4.38. The van der Waals surface area contributed by atoms with Crippen LogP contribution in [0.2, 0.25) is 0 Å². The number of nitrogens with zero attached hydrogens (tertiary/aromatic N) is 1. The van der Waals surface area contributed by atoms with Gasteiger partial charge in [-0.3, -0.25) is 4.79 Å². The molecular formula is C17H17NO. The van der Waals surface area contributed by atoms with Crippen LogP contribution in [0.5, 0.6) is 0 Å². The normalized spacial score (nSPS) is 14.4. The fraction of sp³-hybridized carbons (Fsp3) is 0.235. The number of carbonyl (C=O) groups excluding carboxylic acids is 1. The summed E-state index contributed by atoms with van der Waals surface area (Å²) in [7, 11) is 0. The first-order valence-corrected chi connectivity index (χ1v) is 6.67. The minimum Gasteiger partial charge on any atom is -0.366 e. The number of rotatable bonds is 2. The first-order valence-electron chi connectivity index (χ1n) is 6.67. The number of aryl methyl sites for hydroxylation is 1. The highest BCUT2D eigenvalue weighted by Crippen LogP contribution is 2.29. The highest BCUT2D eigenvalue weighted by molar-refractivity contribution is 6.03. The van der Waals surface area contributed by atoms with Gasteiger partial charge in [0.1, 0.15) is 0 Å². The van der Waals surface area contributed by atoms with E-state index in [0.29, 0.717) is 6.42 Å². The van der Waals surface area contributed by atoms with Crippen molar-refractivity contribution < 1.29 is 4.79 Å². The number of anilines is 1. The molecule has 0 spiro atoms. The molecule has 0 bridgehead atoms. The molecule has 0 atom stereocenters. The van der Waals surface area contributed by atoms with Crippen LogP contribution in [-0.4, -0.2) is 12.3 Å². The van der Waals surface area contributed by atoms with Gasteiger partial charge in [0.15, 0.2) is 5.78 Å². The molecule has 0 saturated heterocycles. The zero-order chi connectivity index (χ0) is 13.2. The van der Waals surface area contributed by atoms with Gasteiger partial charge in [0.25, 0.3) is 0 Å². The highest BCUT2D eigenvalue weighted by atomic mass is 16.1. The molecule has 0 radical (unpaired) electrons. The molecule has 96 valence electrons. The molecule has 0 N–H and O–H groups in total. The van der Waals surface area contributed by atoms with E-state index in [1.54, 1.807) is 0 Å². The first-order chi connectivity index (χ1) is 9.24. The summed E-state index contributed by atoms with van der Waals surface area (Å²) in [5.74, 6) is 0.267. The Labute approximate surface area is 113 Å². The van der Waals surface area contributed by atoms with Crippen LogP contribution in [0.25, 0.3) is 0 Å². The third-order valence-electron chi connectivity index (χ3n) is 3.62. The molecule has 0 unspecified atom stereocenters. The van der Waals surface area contributed by atoms with Crippen LogP contribution in [0.3, 0.4) is 0 Å².